The zero-order valence-electron chi connectivity index (χ0n) is 13.6. The van der Waals surface area contributed by atoms with Gasteiger partial charge >= 0.3 is 0 Å². The van der Waals surface area contributed by atoms with Gasteiger partial charge in [0.2, 0.25) is 0 Å². The van der Waals surface area contributed by atoms with Gasteiger partial charge in [-0.1, -0.05) is 72.8 Å². The summed E-state index contributed by atoms with van der Waals surface area (Å²) in [6.45, 7) is 0.561. The Bertz CT molecular complexity index is 829. The van der Waals surface area contributed by atoms with Gasteiger partial charge in [0.1, 0.15) is 16.7 Å². The van der Waals surface area contributed by atoms with Crippen molar-refractivity contribution in [3.05, 3.63) is 102 Å². The normalized spacial score (nSPS) is 20.9. The highest BCUT2D eigenvalue weighted by Crippen LogP contribution is 2.70. The second-order valence-corrected chi connectivity index (χ2v) is 7.83. The van der Waals surface area contributed by atoms with E-state index in [0.29, 0.717) is 6.61 Å². The summed E-state index contributed by atoms with van der Waals surface area (Å²) in [6.07, 6.45) is 0. The van der Waals surface area contributed by atoms with Crippen molar-refractivity contribution >= 4 is 23.2 Å². The van der Waals surface area contributed by atoms with Crippen molar-refractivity contribution in [1.29, 1.82) is 0 Å². The minimum atomic E-state index is -0.742. The first-order valence-corrected chi connectivity index (χ1v) is 9.11. The molecule has 0 spiro atoms. The van der Waals surface area contributed by atoms with E-state index in [2.05, 4.69) is 36.4 Å². The van der Waals surface area contributed by atoms with E-state index in [9.17, 15) is 0 Å². The molecule has 0 radical (unpaired) electrons. The summed E-state index contributed by atoms with van der Waals surface area (Å²) in [5.41, 5.74) is 3.48. The number of rotatable bonds is 5. The molecule has 2 atom stereocenters. The van der Waals surface area contributed by atoms with Gasteiger partial charge in [-0.15, -0.1) is 23.2 Å². The Hall–Kier alpha value is -1.96. The van der Waals surface area contributed by atoms with Crippen molar-refractivity contribution in [3.63, 3.8) is 0 Å². The van der Waals surface area contributed by atoms with E-state index < -0.39 is 4.33 Å². The van der Waals surface area contributed by atoms with Crippen LogP contribution in [0.1, 0.15) is 28.5 Å². The SMILES string of the molecule is ClC1(Cl)[C@H](c2ccccc2)[C@H]1c1ccc(OCc2ccccc2)cc1. The molecule has 0 aliphatic heterocycles. The molecule has 1 fully saturated rings. The molecule has 3 aromatic rings. The molecule has 0 saturated heterocycles. The Labute approximate surface area is 158 Å². The Morgan fingerprint density at radius 3 is 1.80 bits per heavy atom. The third kappa shape index (κ3) is 3.40. The summed E-state index contributed by atoms with van der Waals surface area (Å²) >= 11 is 13.1. The molecule has 0 N–H and O–H groups in total. The Morgan fingerprint density at radius 2 is 1.20 bits per heavy atom. The molecule has 0 unspecified atom stereocenters. The van der Waals surface area contributed by atoms with Crippen molar-refractivity contribution in [2.45, 2.75) is 22.8 Å². The van der Waals surface area contributed by atoms with Crippen LogP contribution in [0.3, 0.4) is 0 Å². The number of benzene rings is 3. The molecule has 0 bridgehead atoms. The lowest BCUT2D eigenvalue weighted by Gasteiger charge is -2.07. The van der Waals surface area contributed by atoms with Crippen LogP contribution in [0.25, 0.3) is 0 Å². The Kier molecular flexibility index (Phi) is 4.45. The van der Waals surface area contributed by atoms with Gasteiger partial charge in [-0.25, -0.2) is 0 Å². The average molecular weight is 369 g/mol. The fourth-order valence-electron chi connectivity index (χ4n) is 3.33. The number of hydrogen-bond donors (Lipinski definition) is 0. The van der Waals surface area contributed by atoms with Gasteiger partial charge < -0.3 is 4.74 Å². The standard InChI is InChI=1S/C22H18Cl2O/c23-22(24)20(17-9-5-2-6-10-17)21(22)18-11-13-19(14-12-18)25-15-16-7-3-1-4-8-16/h1-14,20-21H,15H2/t20-,21-/m1/s1. The van der Waals surface area contributed by atoms with E-state index in [1.807, 2.05) is 48.5 Å². The molecular weight excluding hydrogens is 351 g/mol. The minimum Gasteiger partial charge on any atom is -0.489 e. The van der Waals surface area contributed by atoms with Crippen molar-refractivity contribution < 1.29 is 4.74 Å². The van der Waals surface area contributed by atoms with Crippen LogP contribution < -0.4 is 4.74 Å². The number of halogens is 2. The summed E-state index contributed by atoms with van der Waals surface area (Å²) in [6, 6.07) is 28.5. The fourth-order valence-corrected chi connectivity index (χ4v) is 4.21. The van der Waals surface area contributed by atoms with Crippen LogP contribution in [0.2, 0.25) is 0 Å². The topological polar surface area (TPSA) is 9.23 Å². The molecule has 1 aliphatic rings. The van der Waals surface area contributed by atoms with Gasteiger partial charge in [-0.2, -0.15) is 0 Å². The largest absolute Gasteiger partial charge is 0.489 e. The molecule has 3 aromatic carbocycles. The molecule has 126 valence electrons. The van der Waals surface area contributed by atoms with E-state index in [4.69, 9.17) is 27.9 Å². The quantitative estimate of drug-likeness (QED) is 0.478. The fraction of sp³-hybridized carbons (Fsp3) is 0.182. The predicted molar refractivity (Wildman–Crippen MR) is 104 cm³/mol. The average Bonchev–Trinajstić information content (AvgIpc) is 3.24. The van der Waals surface area contributed by atoms with E-state index in [1.165, 1.54) is 5.56 Å². The van der Waals surface area contributed by atoms with Crippen molar-refractivity contribution in [1.82, 2.24) is 0 Å². The van der Waals surface area contributed by atoms with Crippen LogP contribution in [0.5, 0.6) is 5.75 Å². The Balaban J connectivity index is 1.45. The monoisotopic (exact) mass is 368 g/mol. The van der Waals surface area contributed by atoms with E-state index in [0.717, 1.165) is 16.9 Å². The molecule has 3 heteroatoms. The maximum Gasteiger partial charge on any atom is 0.133 e. The molecule has 1 aliphatic carbocycles. The van der Waals surface area contributed by atoms with Crippen LogP contribution in [0, 0.1) is 0 Å². The highest BCUT2D eigenvalue weighted by atomic mass is 35.5. The summed E-state index contributed by atoms with van der Waals surface area (Å²) < 4.78 is 5.10. The van der Waals surface area contributed by atoms with Gasteiger partial charge in [-0.05, 0) is 28.8 Å². The molecule has 1 saturated carbocycles. The van der Waals surface area contributed by atoms with Crippen molar-refractivity contribution in [2.24, 2.45) is 0 Å². The molecule has 4 rings (SSSR count). The number of alkyl halides is 2. The van der Waals surface area contributed by atoms with Gasteiger partial charge in [0.25, 0.3) is 0 Å². The summed E-state index contributed by atoms with van der Waals surface area (Å²) in [4.78, 5) is 0. The molecule has 0 amide bonds. The van der Waals surface area contributed by atoms with Crippen LogP contribution >= 0.6 is 23.2 Å². The molecule has 1 nitrogen and oxygen atoms in total. The Morgan fingerprint density at radius 1 is 0.680 bits per heavy atom. The van der Waals surface area contributed by atoms with Gasteiger partial charge in [0.15, 0.2) is 0 Å². The highest BCUT2D eigenvalue weighted by molar-refractivity contribution is 6.52. The first-order valence-electron chi connectivity index (χ1n) is 8.36. The highest BCUT2D eigenvalue weighted by Gasteiger charge is 2.64. The second-order valence-electron chi connectivity index (χ2n) is 6.38. The molecule has 0 aromatic heterocycles. The maximum atomic E-state index is 6.56. The van der Waals surface area contributed by atoms with E-state index in [-0.39, 0.29) is 11.8 Å². The summed E-state index contributed by atoms with van der Waals surface area (Å²) in [7, 11) is 0. The molecular formula is C22H18Cl2O. The van der Waals surface area contributed by atoms with Gasteiger partial charge in [-0.3, -0.25) is 0 Å². The lowest BCUT2D eigenvalue weighted by atomic mass is 10.0. The maximum absolute atomic E-state index is 6.56. The zero-order valence-corrected chi connectivity index (χ0v) is 15.1. The lowest BCUT2D eigenvalue weighted by molar-refractivity contribution is 0.306. The predicted octanol–water partition coefficient (Wildman–Crippen LogP) is 6.32. The van der Waals surface area contributed by atoms with Crippen LogP contribution in [-0.4, -0.2) is 4.33 Å². The second kappa shape index (κ2) is 6.74. The first kappa shape index (κ1) is 16.5. The van der Waals surface area contributed by atoms with Crippen LogP contribution in [0.15, 0.2) is 84.9 Å². The van der Waals surface area contributed by atoms with E-state index >= 15 is 0 Å². The van der Waals surface area contributed by atoms with Crippen molar-refractivity contribution in [3.8, 4) is 5.75 Å². The number of hydrogen-bond acceptors (Lipinski definition) is 1. The van der Waals surface area contributed by atoms with Crippen LogP contribution in [-0.2, 0) is 6.61 Å². The first-order chi connectivity index (χ1) is 12.2. The van der Waals surface area contributed by atoms with Gasteiger partial charge in [0.05, 0.1) is 0 Å². The zero-order chi connectivity index (χ0) is 17.3. The minimum absolute atomic E-state index is 0.112. The lowest BCUT2D eigenvalue weighted by Crippen LogP contribution is -1.95. The third-order valence-corrected chi connectivity index (χ3v) is 5.64. The van der Waals surface area contributed by atoms with Crippen molar-refractivity contribution in [2.75, 3.05) is 0 Å². The van der Waals surface area contributed by atoms with E-state index in [1.54, 1.807) is 0 Å². The third-order valence-electron chi connectivity index (χ3n) is 4.70. The van der Waals surface area contributed by atoms with Gasteiger partial charge in [0, 0.05) is 11.8 Å². The summed E-state index contributed by atoms with van der Waals surface area (Å²) in [5.74, 6) is 1.09. The smallest absolute Gasteiger partial charge is 0.133 e. The number of ether oxygens (including phenoxy) is 1. The summed E-state index contributed by atoms with van der Waals surface area (Å²) in [5, 5.41) is 0. The van der Waals surface area contributed by atoms with Crippen LogP contribution in [0.4, 0.5) is 0 Å². The molecule has 25 heavy (non-hydrogen) atoms. The molecule has 0 heterocycles.